The summed E-state index contributed by atoms with van der Waals surface area (Å²) in [6.07, 6.45) is 2.16. The molecule has 0 radical (unpaired) electrons. The Balaban J connectivity index is 1.82. The maximum absolute atomic E-state index is 12.8. The van der Waals surface area contributed by atoms with Gasteiger partial charge in [0.15, 0.2) is 0 Å². The van der Waals surface area contributed by atoms with Crippen LogP contribution in [0.2, 0.25) is 5.02 Å². The van der Waals surface area contributed by atoms with Gasteiger partial charge in [-0.1, -0.05) is 23.7 Å². The number of methoxy groups -OCH3 is 1. The largest absolute Gasteiger partial charge is 0.465 e. The van der Waals surface area contributed by atoms with Crippen LogP contribution in [0.1, 0.15) is 45.2 Å². The number of esters is 1. The number of hydrogen-bond acceptors (Lipinski definition) is 6. The molecule has 0 saturated carbocycles. The predicted molar refractivity (Wildman–Crippen MR) is 112 cm³/mol. The molecule has 8 nitrogen and oxygen atoms in total. The van der Waals surface area contributed by atoms with E-state index in [1.54, 1.807) is 6.07 Å². The van der Waals surface area contributed by atoms with Crippen molar-refractivity contribution >= 4 is 29.2 Å². The highest BCUT2D eigenvalue weighted by molar-refractivity contribution is 6.30. The summed E-state index contributed by atoms with van der Waals surface area (Å²) in [4.78, 5) is 37.4. The number of likely N-dealkylation sites (tertiary alicyclic amines) is 1. The number of hydrogen-bond donors (Lipinski definition) is 1. The van der Waals surface area contributed by atoms with Crippen molar-refractivity contribution in [3.05, 3.63) is 74.3 Å². The zero-order valence-corrected chi connectivity index (χ0v) is 17.2. The van der Waals surface area contributed by atoms with Gasteiger partial charge in [-0.05, 0) is 49.7 Å². The zero-order chi connectivity index (χ0) is 21.7. The first kappa shape index (κ1) is 21.7. The van der Waals surface area contributed by atoms with Crippen LogP contribution in [0.3, 0.4) is 0 Å². The van der Waals surface area contributed by atoms with Crippen molar-refractivity contribution in [2.75, 3.05) is 26.7 Å². The highest BCUT2D eigenvalue weighted by Gasteiger charge is 2.25. The first-order chi connectivity index (χ1) is 14.4. The molecule has 1 N–H and O–H groups in total. The van der Waals surface area contributed by atoms with Gasteiger partial charge in [-0.15, -0.1) is 0 Å². The second-order valence-corrected chi connectivity index (χ2v) is 7.48. The number of nitrogens with one attached hydrogen (secondary N) is 1. The van der Waals surface area contributed by atoms with Crippen molar-refractivity contribution in [1.29, 1.82) is 0 Å². The molecule has 1 saturated heterocycles. The van der Waals surface area contributed by atoms with Gasteiger partial charge < -0.3 is 10.1 Å². The number of nitro groups is 1. The van der Waals surface area contributed by atoms with E-state index in [2.05, 4.69) is 15.0 Å². The summed E-state index contributed by atoms with van der Waals surface area (Å²) in [7, 11) is 1.17. The Hall–Kier alpha value is -2.97. The van der Waals surface area contributed by atoms with Gasteiger partial charge in [-0.2, -0.15) is 0 Å². The molecule has 1 heterocycles. The topological polar surface area (TPSA) is 102 Å². The Kier molecular flexibility index (Phi) is 7.02. The summed E-state index contributed by atoms with van der Waals surface area (Å²) >= 11 is 6.15. The first-order valence-corrected chi connectivity index (χ1v) is 9.92. The molecule has 1 fully saturated rings. The average Bonchev–Trinajstić information content (AvgIpc) is 3.27. The molecule has 0 aromatic heterocycles. The number of carbonyl (C=O) groups is 2. The molecule has 0 spiro atoms. The maximum Gasteiger partial charge on any atom is 0.338 e. The van der Waals surface area contributed by atoms with Gasteiger partial charge in [-0.3, -0.25) is 19.8 Å². The van der Waals surface area contributed by atoms with Crippen LogP contribution in [-0.2, 0) is 4.74 Å². The molecular formula is C21H22ClN3O5. The van der Waals surface area contributed by atoms with Crippen molar-refractivity contribution in [1.82, 2.24) is 10.2 Å². The van der Waals surface area contributed by atoms with Gasteiger partial charge in [-0.25, -0.2) is 4.79 Å². The van der Waals surface area contributed by atoms with Crippen molar-refractivity contribution < 1.29 is 19.2 Å². The Morgan fingerprint density at radius 2 is 1.90 bits per heavy atom. The van der Waals surface area contributed by atoms with Crippen LogP contribution in [0.5, 0.6) is 0 Å². The number of rotatable bonds is 7. The molecule has 3 rings (SSSR count). The van der Waals surface area contributed by atoms with E-state index in [0.717, 1.165) is 43.6 Å². The van der Waals surface area contributed by atoms with Crippen molar-refractivity contribution in [2.45, 2.75) is 18.9 Å². The SMILES string of the molecule is COC(=O)c1cc(C(=O)NCC(c2cccc(Cl)c2)N2CCCC2)cc([N+](=O)[O-])c1. The molecule has 0 bridgehead atoms. The molecule has 1 aliphatic heterocycles. The lowest BCUT2D eigenvalue weighted by Crippen LogP contribution is -2.36. The van der Waals surface area contributed by atoms with Crippen LogP contribution in [0.15, 0.2) is 42.5 Å². The smallest absolute Gasteiger partial charge is 0.338 e. The summed E-state index contributed by atoms with van der Waals surface area (Å²) in [6.45, 7) is 2.13. The number of benzene rings is 2. The second kappa shape index (κ2) is 9.69. The second-order valence-electron chi connectivity index (χ2n) is 7.04. The van der Waals surface area contributed by atoms with Gasteiger partial charge in [0, 0.05) is 29.3 Å². The maximum atomic E-state index is 12.8. The first-order valence-electron chi connectivity index (χ1n) is 9.54. The minimum Gasteiger partial charge on any atom is -0.465 e. The fourth-order valence-corrected chi connectivity index (χ4v) is 3.80. The van der Waals surface area contributed by atoms with Crippen LogP contribution in [-0.4, -0.2) is 48.4 Å². The van der Waals surface area contributed by atoms with Gasteiger partial charge in [0.1, 0.15) is 0 Å². The van der Waals surface area contributed by atoms with E-state index >= 15 is 0 Å². The predicted octanol–water partition coefficient (Wildman–Crippen LogP) is 3.60. The van der Waals surface area contributed by atoms with E-state index < -0.39 is 16.8 Å². The summed E-state index contributed by atoms with van der Waals surface area (Å²) in [5, 5.41) is 14.7. The standard InChI is InChI=1S/C21H22ClN3O5/c1-30-21(27)16-9-15(11-18(12-16)25(28)29)20(26)23-13-19(24-7-2-3-8-24)14-5-4-6-17(22)10-14/h4-6,9-12,19H,2-3,7-8,13H2,1H3,(H,23,26). The molecule has 2 aromatic rings. The highest BCUT2D eigenvalue weighted by Crippen LogP contribution is 2.27. The Labute approximate surface area is 178 Å². The number of amides is 1. The number of non-ortho nitro benzene ring substituents is 1. The summed E-state index contributed by atoms with van der Waals surface area (Å²) in [5.74, 6) is -1.25. The average molecular weight is 432 g/mol. The van der Waals surface area contributed by atoms with Crippen molar-refractivity contribution in [3.8, 4) is 0 Å². The lowest BCUT2D eigenvalue weighted by molar-refractivity contribution is -0.384. The minimum atomic E-state index is -0.748. The summed E-state index contributed by atoms with van der Waals surface area (Å²) in [6, 6.07) is 10.9. The van der Waals surface area contributed by atoms with Crippen LogP contribution in [0.25, 0.3) is 0 Å². The third-order valence-electron chi connectivity index (χ3n) is 5.08. The van der Waals surface area contributed by atoms with E-state index in [1.807, 2.05) is 18.2 Å². The fourth-order valence-electron chi connectivity index (χ4n) is 3.60. The molecule has 9 heteroatoms. The Bertz CT molecular complexity index is 959. The van der Waals surface area contributed by atoms with Crippen LogP contribution in [0, 0.1) is 10.1 Å². The molecule has 2 aromatic carbocycles. The van der Waals surface area contributed by atoms with Crippen LogP contribution < -0.4 is 5.32 Å². The van der Waals surface area contributed by atoms with E-state index in [0.29, 0.717) is 11.6 Å². The summed E-state index contributed by atoms with van der Waals surface area (Å²) in [5.41, 5.74) is 0.603. The van der Waals surface area contributed by atoms with Gasteiger partial charge in [0.25, 0.3) is 11.6 Å². The van der Waals surface area contributed by atoms with E-state index in [4.69, 9.17) is 11.6 Å². The molecule has 1 atom stereocenters. The third kappa shape index (κ3) is 5.14. The van der Waals surface area contributed by atoms with Crippen LogP contribution in [0.4, 0.5) is 5.69 Å². The van der Waals surface area contributed by atoms with Crippen molar-refractivity contribution in [2.24, 2.45) is 0 Å². The lowest BCUT2D eigenvalue weighted by atomic mass is 10.0. The quantitative estimate of drug-likeness (QED) is 0.408. The molecule has 158 valence electrons. The monoisotopic (exact) mass is 431 g/mol. The van der Waals surface area contributed by atoms with Crippen LogP contribution >= 0.6 is 11.6 Å². The molecular weight excluding hydrogens is 410 g/mol. The molecule has 1 amide bonds. The van der Waals surface area contributed by atoms with Gasteiger partial charge in [0.05, 0.1) is 23.6 Å². The lowest BCUT2D eigenvalue weighted by Gasteiger charge is -2.28. The Morgan fingerprint density at radius 3 is 2.53 bits per heavy atom. The number of nitro benzene ring substituents is 1. The fraction of sp³-hybridized carbons (Fsp3) is 0.333. The van der Waals surface area contributed by atoms with Gasteiger partial charge in [0.2, 0.25) is 0 Å². The zero-order valence-electron chi connectivity index (χ0n) is 16.5. The molecule has 1 aliphatic rings. The summed E-state index contributed by atoms with van der Waals surface area (Å²) < 4.78 is 4.63. The minimum absolute atomic E-state index is 0.0240. The Morgan fingerprint density at radius 1 is 1.20 bits per heavy atom. The van der Waals surface area contributed by atoms with Crippen molar-refractivity contribution in [3.63, 3.8) is 0 Å². The number of ether oxygens (including phenoxy) is 1. The normalized spacial score (nSPS) is 14.9. The molecule has 0 aliphatic carbocycles. The van der Waals surface area contributed by atoms with E-state index in [-0.39, 0.29) is 22.9 Å². The molecule has 1 unspecified atom stereocenters. The number of carbonyl (C=O) groups excluding carboxylic acids is 2. The molecule has 30 heavy (non-hydrogen) atoms. The number of halogens is 1. The third-order valence-corrected chi connectivity index (χ3v) is 5.32. The highest BCUT2D eigenvalue weighted by atomic mass is 35.5. The van der Waals surface area contributed by atoms with E-state index in [9.17, 15) is 19.7 Å². The van der Waals surface area contributed by atoms with E-state index in [1.165, 1.54) is 13.2 Å². The number of nitrogens with zero attached hydrogens (tertiary/aromatic N) is 2. The van der Waals surface area contributed by atoms with Gasteiger partial charge >= 0.3 is 5.97 Å².